The summed E-state index contributed by atoms with van der Waals surface area (Å²) in [5.74, 6) is -1.76. The topological polar surface area (TPSA) is 102 Å². The Morgan fingerprint density at radius 2 is 2.04 bits per heavy atom. The number of ether oxygens (including phenoxy) is 1. The van der Waals surface area contributed by atoms with Crippen LogP contribution in [-0.4, -0.2) is 26.3 Å². The maximum atomic E-state index is 13.2. The molecule has 1 atom stereocenters. The van der Waals surface area contributed by atoms with Crippen molar-refractivity contribution in [3.05, 3.63) is 52.8 Å². The zero-order valence-electron chi connectivity index (χ0n) is 14.0. The van der Waals surface area contributed by atoms with E-state index in [1.807, 2.05) is 4.72 Å². The van der Waals surface area contributed by atoms with Gasteiger partial charge in [0, 0.05) is 5.56 Å². The van der Waals surface area contributed by atoms with Gasteiger partial charge in [-0.05, 0) is 42.8 Å². The van der Waals surface area contributed by atoms with Crippen molar-refractivity contribution in [1.29, 1.82) is 0 Å². The van der Waals surface area contributed by atoms with Crippen LogP contribution in [0.4, 0.5) is 10.1 Å². The van der Waals surface area contributed by atoms with Crippen molar-refractivity contribution in [2.24, 2.45) is 0 Å². The highest BCUT2D eigenvalue weighted by Crippen LogP contribution is 2.32. The summed E-state index contributed by atoms with van der Waals surface area (Å²) in [4.78, 5) is 23.8. The lowest BCUT2D eigenvalue weighted by Gasteiger charge is -2.25. The first-order valence-corrected chi connectivity index (χ1v) is 9.71. The Morgan fingerprint density at radius 1 is 1.30 bits per heavy atom. The van der Waals surface area contributed by atoms with Crippen molar-refractivity contribution in [1.82, 2.24) is 4.72 Å². The van der Waals surface area contributed by atoms with Gasteiger partial charge >= 0.3 is 0 Å². The summed E-state index contributed by atoms with van der Waals surface area (Å²) in [7, 11) is -4.24. The molecule has 1 unspecified atom stereocenters. The molecule has 2 aromatic carbocycles. The Bertz CT molecular complexity index is 1040. The zero-order valence-corrected chi connectivity index (χ0v) is 15.5. The van der Waals surface area contributed by atoms with Gasteiger partial charge < -0.3 is 10.1 Å². The average molecular weight is 413 g/mol. The second-order valence-electron chi connectivity index (χ2n) is 5.73. The molecule has 2 amide bonds. The van der Waals surface area contributed by atoms with Crippen LogP contribution in [-0.2, 0) is 14.8 Å². The summed E-state index contributed by atoms with van der Waals surface area (Å²) in [5, 5.41) is 2.27. The molecule has 2 N–H and O–H groups in total. The monoisotopic (exact) mass is 412 g/mol. The van der Waals surface area contributed by atoms with Crippen molar-refractivity contribution < 1.29 is 27.1 Å². The first kappa shape index (κ1) is 19.1. The average Bonchev–Trinajstić information content (AvgIpc) is 2.62. The number of hydrogen-bond donors (Lipinski definition) is 2. The van der Waals surface area contributed by atoms with Crippen molar-refractivity contribution in [2.75, 3.05) is 5.32 Å². The number of hydrogen-bond acceptors (Lipinski definition) is 5. The van der Waals surface area contributed by atoms with Gasteiger partial charge in [-0.25, -0.2) is 17.5 Å². The van der Waals surface area contributed by atoms with Gasteiger partial charge in [-0.3, -0.25) is 9.59 Å². The molecule has 0 aromatic heterocycles. The lowest BCUT2D eigenvalue weighted by Crippen LogP contribution is -2.36. The van der Waals surface area contributed by atoms with Crippen LogP contribution < -0.4 is 14.8 Å². The maximum Gasteiger partial charge on any atom is 0.265 e. The third-order valence-corrected chi connectivity index (χ3v) is 5.48. The minimum atomic E-state index is -4.24. The normalized spacial score (nSPS) is 16.1. The van der Waals surface area contributed by atoms with Gasteiger partial charge in [-0.15, -0.1) is 0 Å². The molecule has 27 heavy (non-hydrogen) atoms. The first-order chi connectivity index (χ1) is 12.7. The Morgan fingerprint density at radius 3 is 2.70 bits per heavy atom. The van der Waals surface area contributed by atoms with Crippen molar-refractivity contribution in [3.8, 4) is 5.75 Å². The van der Waals surface area contributed by atoms with Gasteiger partial charge in [-0.2, -0.15) is 0 Å². The lowest BCUT2D eigenvalue weighted by molar-refractivity contribution is -0.123. The van der Waals surface area contributed by atoms with Crippen LogP contribution >= 0.6 is 11.6 Å². The highest BCUT2D eigenvalue weighted by Gasteiger charge is 2.28. The third-order valence-electron chi connectivity index (χ3n) is 3.86. The molecule has 7 nitrogen and oxygen atoms in total. The number of rotatable bonds is 4. The molecule has 0 saturated heterocycles. The molecule has 0 aliphatic carbocycles. The number of anilines is 1. The minimum Gasteiger partial charge on any atom is -0.478 e. The summed E-state index contributed by atoms with van der Waals surface area (Å²) in [6.07, 6.45) is -0.190. The van der Waals surface area contributed by atoms with Crippen LogP contribution in [0.1, 0.15) is 23.7 Å². The van der Waals surface area contributed by atoms with Gasteiger partial charge in [0.15, 0.2) is 6.10 Å². The molecule has 142 valence electrons. The van der Waals surface area contributed by atoms with Crippen LogP contribution in [0.5, 0.6) is 5.75 Å². The van der Waals surface area contributed by atoms with E-state index in [2.05, 4.69) is 5.32 Å². The Kier molecular flexibility index (Phi) is 5.07. The van der Waals surface area contributed by atoms with E-state index >= 15 is 0 Å². The SMILES string of the molecule is CCC1Oc2ccc(S(=O)(=O)NC(=O)c3ccc(F)c(Cl)c3)cc2NC1=O. The van der Waals surface area contributed by atoms with Crippen molar-refractivity contribution in [2.45, 2.75) is 24.3 Å². The molecule has 3 rings (SSSR count). The molecule has 0 saturated carbocycles. The van der Waals surface area contributed by atoms with Crippen molar-refractivity contribution in [3.63, 3.8) is 0 Å². The van der Waals surface area contributed by atoms with Crippen LogP contribution in [0.15, 0.2) is 41.3 Å². The minimum absolute atomic E-state index is 0.120. The molecule has 0 fully saturated rings. The zero-order chi connectivity index (χ0) is 19.8. The molecule has 1 aliphatic rings. The van der Waals surface area contributed by atoms with E-state index in [4.69, 9.17) is 16.3 Å². The molecule has 0 bridgehead atoms. The Labute approximate surface area is 159 Å². The Hall–Kier alpha value is -2.65. The molecular weight excluding hydrogens is 399 g/mol. The molecule has 1 aliphatic heterocycles. The summed E-state index contributed by atoms with van der Waals surface area (Å²) < 4.78 is 45.5. The fourth-order valence-corrected chi connectivity index (χ4v) is 3.62. The first-order valence-electron chi connectivity index (χ1n) is 7.85. The summed E-state index contributed by atoms with van der Waals surface area (Å²) in [6.45, 7) is 1.78. The van der Waals surface area contributed by atoms with E-state index in [1.54, 1.807) is 6.92 Å². The number of carbonyl (C=O) groups excluding carboxylic acids is 2. The summed E-state index contributed by atoms with van der Waals surface area (Å²) in [6, 6.07) is 6.92. The van der Waals surface area contributed by atoms with Crippen LogP contribution in [0.25, 0.3) is 0 Å². The highest BCUT2D eigenvalue weighted by atomic mass is 35.5. The molecule has 2 aromatic rings. The van der Waals surface area contributed by atoms with Gasteiger partial charge in [0.25, 0.3) is 21.8 Å². The number of sulfonamides is 1. The van der Waals surface area contributed by atoms with Crippen LogP contribution in [0, 0.1) is 5.82 Å². The van der Waals surface area contributed by atoms with E-state index in [0.29, 0.717) is 12.2 Å². The maximum absolute atomic E-state index is 13.2. The van der Waals surface area contributed by atoms with E-state index in [-0.39, 0.29) is 27.1 Å². The fourth-order valence-electron chi connectivity index (χ4n) is 2.44. The van der Waals surface area contributed by atoms with Gasteiger partial charge in [0.1, 0.15) is 11.6 Å². The predicted octanol–water partition coefficient (Wildman–Crippen LogP) is 2.71. The van der Waals surface area contributed by atoms with E-state index < -0.39 is 27.9 Å². The molecular formula is C17H14ClFN2O5S. The smallest absolute Gasteiger partial charge is 0.265 e. The molecule has 10 heteroatoms. The van der Waals surface area contributed by atoms with Gasteiger partial charge in [0.2, 0.25) is 0 Å². The third kappa shape index (κ3) is 3.88. The number of halogens is 2. The van der Waals surface area contributed by atoms with E-state index in [9.17, 15) is 22.4 Å². The second-order valence-corrected chi connectivity index (χ2v) is 7.82. The number of benzene rings is 2. The number of nitrogens with one attached hydrogen (secondary N) is 2. The lowest BCUT2D eigenvalue weighted by atomic mass is 10.2. The second kappa shape index (κ2) is 7.16. The number of carbonyl (C=O) groups is 2. The van der Waals surface area contributed by atoms with E-state index in [1.165, 1.54) is 18.2 Å². The van der Waals surface area contributed by atoms with Gasteiger partial charge in [0.05, 0.1) is 15.6 Å². The fraction of sp³-hybridized carbons (Fsp3) is 0.176. The molecule has 0 radical (unpaired) electrons. The predicted molar refractivity (Wildman–Crippen MR) is 95.8 cm³/mol. The standard InChI is InChI=1S/C17H14ClFN2O5S/c1-2-14-17(23)20-13-8-10(4-6-15(13)26-14)27(24,25)21-16(22)9-3-5-12(19)11(18)7-9/h3-8,14H,2H2,1H3,(H,20,23)(H,21,22). The van der Waals surface area contributed by atoms with Crippen LogP contribution in [0.2, 0.25) is 5.02 Å². The molecule has 0 spiro atoms. The van der Waals surface area contributed by atoms with Crippen molar-refractivity contribution >= 4 is 39.1 Å². The number of fused-ring (bicyclic) bond motifs is 1. The van der Waals surface area contributed by atoms with Gasteiger partial charge in [-0.1, -0.05) is 18.5 Å². The largest absolute Gasteiger partial charge is 0.478 e. The molecule has 1 heterocycles. The summed E-state index contributed by atoms with van der Waals surface area (Å²) in [5.41, 5.74) is 0.0650. The number of amides is 2. The Balaban J connectivity index is 1.85. The van der Waals surface area contributed by atoms with Crippen LogP contribution in [0.3, 0.4) is 0 Å². The van der Waals surface area contributed by atoms with E-state index in [0.717, 1.165) is 18.2 Å². The quantitative estimate of drug-likeness (QED) is 0.804. The highest BCUT2D eigenvalue weighted by molar-refractivity contribution is 7.90. The summed E-state index contributed by atoms with van der Waals surface area (Å²) >= 11 is 5.60.